The average molecular weight is 275 g/mol. The Bertz CT molecular complexity index is 387. The van der Waals surface area contributed by atoms with Crippen molar-refractivity contribution in [3.05, 3.63) is 33.8 Å². The van der Waals surface area contributed by atoms with E-state index in [0.717, 1.165) is 18.7 Å². The SMILES string of the molecule is CN[C@@H]1CNCCO[C@H]1c1ccc(Cl)c(Cl)c1. The number of ether oxygens (including phenoxy) is 1. The van der Waals surface area contributed by atoms with Crippen LogP contribution in [0.25, 0.3) is 0 Å². The van der Waals surface area contributed by atoms with Crippen molar-refractivity contribution in [2.75, 3.05) is 26.7 Å². The Hall–Kier alpha value is -0.320. The molecule has 1 saturated heterocycles. The summed E-state index contributed by atoms with van der Waals surface area (Å²) < 4.78 is 5.86. The second-order valence-corrected chi connectivity index (χ2v) is 4.88. The molecule has 1 aliphatic heterocycles. The lowest BCUT2D eigenvalue weighted by Crippen LogP contribution is -2.39. The molecular formula is C12H16Cl2N2O. The quantitative estimate of drug-likeness (QED) is 0.868. The van der Waals surface area contributed by atoms with Crippen LogP contribution in [0.2, 0.25) is 10.0 Å². The van der Waals surface area contributed by atoms with Crippen LogP contribution in [-0.2, 0) is 4.74 Å². The highest BCUT2D eigenvalue weighted by Crippen LogP contribution is 2.29. The van der Waals surface area contributed by atoms with Crippen LogP contribution in [0.15, 0.2) is 18.2 Å². The molecule has 0 unspecified atom stereocenters. The number of nitrogens with one attached hydrogen (secondary N) is 2. The molecule has 1 fully saturated rings. The zero-order valence-electron chi connectivity index (χ0n) is 9.67. The van der Waals surface area contributed by atoms with Gasteiger partial charge in [-0.25, -0.2) is 0 Å². The molecule has 0 amide bonds. The van der Waals surface area contributed by atoms with Crippen molar-refractivity contribution in [2.24, 2.45) is 0 Å². The van der Waals surface area contributed by atoms with Crippen LogP contribution >= 0.6 is 23.2 Å². The fourth-order valence-electron chi connectivity index (χ4n) is 2.01. The second-order valence-electron chi connectivity index (χ2n) is 4.06. The Balaban J connectivity index is 2.25. The van der Waals surface area contributed by atoms with Gasteiger partial charge in [0.1, 0.15) is 0 Å². The second kappa shape index (κ2) is 6.03. The predicted octanol–water partition coefficient (Wildman–Crippen LogP) is 2.24. The van der Waals surface area contributed by atoms with E-state index < -0.39 is 0 Å². The predicted molar refractivity (Wildman–Crippen MR) is 70.9 cm³/mol. The first kappa shape index (κ1) is 13.1. The lowest BCUT2D eigenvalue weighted by molar-refractivity contribution is 0.0459. The smallest absolute Gasteiger partial charge is 0.0991 e. The molecule has 1 aromatic carbocycles. The third kappa shape index (κ3) is 3.12. The molecule has 0 saturated carbocycles. The third-order valence-electron chi connectivity index (χ3n) is 2.95. The molecular weight excluding hydrogens is 259 g/mol. The summed E-state index contributed by atoms with van der Waals surface area (Å²) >= 11 is 12.0. The monoisotopic (exact) mass is 274 g/mol. The topological polar surface area (TPSA) is 33.3 Å². The first-order valence-corrected chi connectivity index (χ1v) is 6.42. The summed E-state index contributed by atoms with van der Waals surface area (Å²) in [6.45, 7) is 2.44. The van der Waals surface area contributed by atoms with Crippen LogP contribution in [0, 0.1) is 0 Å². The van der Waals surface area contributed by atoms with Gasteiger partial charge in [0.05, 0.1) is 22.8 Å². The van der Waals surface area contributed by atoms with E-state index in [-0.39, 0.29) is 12.1 Å². The highest BCUT2D eigenvalue weighted by atomic mass is 35.5. The maximum absolute atomic E-state index is 6.04. The number of likely N-dealkylation sites (N-methyl/N-ethyl adjacent to an activating group) is 1. The van der Waals surface area contributed by atoms with Gasteiger partial charge < -0.3 is 15.4 Å². The van der Waals surface area contributed by atoms with Crippen LogP contribution in [-0.4, -0.2) is 32.8 Å². The minimum absolute atomic E-state index is 0.00441. The molecule has 1 aliphatic rings. The molecule has 0 bridgehead atoms. The average Bonchev–Trinajstić information content (AvgIpc) is 2.57. The Morgan fingerprint density at radius 1 is 1.35 bits per heavy atom. The normalized spacial score (nSPS) is 25.6. The van der Waals surface area contributed by atoms with Crippen molar-refractivity contribution >= 4 is 23.2 Å². The summed E-state index contributed by atoms with van der Waals surface area (Å²) in [7, 11) is 1.94. The summed E-state index contributed by atoms with van der Waals surface area (Å²) in [6.07, 6.45) is 0.00441. The Morgan fingerprint density at radius 2 is 2.18 bits per heavy atom. The third-order valence-corrected chi connectivity index (χ3v) is 3.69. The van der Waals surface area contributed by atoms with E-state index in [4.69, 9.17) is 27.9 Å². The zero-order chi connectivity index (χ0) is 12.3. The van der Waals surface area contributed by atoms with Crippen molar-refractivity contribution in [1.82, 2.24) is 10.6 Å². The first-order chi connectivity index (χ1) is 8.22. The lowest BCUT2D eigenvalue weighted by atomic mass is 10.0. The largest absolute Gasteiger partial charge is 0.371 e. The summed E-state index contributed by atoms with van der Waals surface area (Å²) in [5.41, 5.74) is 1.06. The van der Waals surface area contributed by atoms with Gasteiger partial charge in [0.25, 0.3) is 0 Å². The summed E-state index contributed by atoms with van der Waals surface area (Å²) in [6, 6.07) is 5.89. The van der Waals surface area contributed by atoms with Gasteiger partial charge in [-0.3, -0.25) is 0 Å². The van der Waals surface area contributed by atoms with Crippen molar-refractivity contribution in [1.29, 1.82) is 0 Å². The number of hydrogen-bond acceptors (Lipinski definition) is 3. The van der Waals surface area contributed by atoms with Crippen molar-refractivity contribution < 1.29 is 4.74 Å². The highest BCUT2D eigenvalue weighted by molar-refractivity contribution is 6.42. The zero-order valence-corrected chi connectivity index (χ0v) is 11.2. The van der Waals surface area contributed by atoms with Gasteiger partial charge >= 0.3 is 0 Å². The molecule has 0 aromatic heterocycles. The van der Waals surface area contributed by atoms with Gasteiger partial charge in [0.15, 0.2) is 0 Å². The minimum atomic E-state index is 0.00441. The van der Waals surface area contributed by atoms with Crippen LogP contribution in [0.3, 0.4) is 0 Å². The molecule has 0 radical (unpaired) electrons. The molecule has 0 spiro atoms. The Kier molecular flexibility index (Phi) is 4.65. The first-order valence-electron chi connectivity index (χ1n) is 5.67. The van der Waals surface area contributed by atoms with Gasteiger partial charge in [0.2, 0.25) is 0 Å². The fraction of sp³-hybridized carbons (Fsp3) is 0.500. The highest BCUT2D eigenvalue weighted by Gasteiger charge is 2.25. The molecule has 1 heterocycles. The lowest BCUT2D eigenvalue weighted by Gasteiger charge is -2.24. The molecule has 94 valence electrons. The van der Waals surface area contributed by atoms with E-state index in [9.17, 15) is 0 Å². The van der Waals surface area contributed by atoms with E-state index in [1.807, 2.05) is 25.2 Å². The van der Waals surface area contributed by atoms with Crippen molar-refractivity contribution in [3.8, 4) is 0 Å². The van der Waals surface area contributed by atoms with Gasteiger partial charge in [0, 0.05) is 19.1 Å². The van der Waals surface area contributed by atoms with E-state index >= 15 is 0 Å². The van der Waals surface area contributed by atoms with Crippen molar-refractivity contribution in [2.45, 2.75) is 12.1 Å². The standard InChI is InChI=1S/C12H16Cl2N2O/c1-15-11-7-16-4-5-17-12(11)8-2-3-9(13)10(14)6-8/h2-3,6,11-12,15-16H,4-5,7H2,1H3/t11-,12+/m1/s1. The van der Waals surface area contributed by atoms with Crippen LogP contribution in [0.4, 0.5) is 0 Å². The molecule has 17 heavy (non-hydrogen) atoms. The molecule has 3 nitrogen and oxygen atoms in total. The Morgan fingerprint density at radius 3 is 2.88 bits per heavy atom. The van der Waals surface area contributed by atoms with Crippen LogP contribution in [0.1, 0.15) is 11.7 Å². The molecule has 2 N–H and O–H groups in total. The Labute approximate surface area is 111 Å². The fourth-order valence-corrected chi connectivity index (χ4v) is 2.32. The van der Waals surface area contributed by atoms with E-state index in [2.05, 4.69) is 10.6 Å². The van der Waals surface area contributed by atoms with E-state index in [0.29, 0.717) is 16.7 Å². The maximum Gasteiger partial charge on any atom is 0.0991 e. The van der Waals surface area contributed by atoms with E-state index in [1.165, 1.54) is 0 Å². The number of benzene rings is 1. The van der Waals surface area contributed by atoms with Crippen LogP contribution in [0.5, 0.6) is 0 Å². The van der Waals surface area contributed by atoms with Gasteiger partial charge in [-0.05, 0) is 24.7 Å². The number of halogens is 2. The van der Waals surface area contributed by atoms with Gasteiger partial charge in [-0.2, -0.15) is 0 Å². The maximum atomic E-state index is 6.04. The van der Waals surface area contributed by atoms with Gasteiger partial charge in [-0.1, -0.05) is 29.3 Å². The molecule has 1 aromatic rings. The van der Waals surface area contributed by atoms with E-state index in [1.54, 1.807) is 0 Å². The van der Waals surface area contributed by atoms with Gasteiger partial charge in [-0.15, -0.1) is 0 Å². The molecule has 2 rings (SSSR count). The summed E-state index contributed by atoms with van der Waals surface area (Å²) in [4.78, 5) is 0. The van der Waals surface area contributed by atoms with Crippen LogP contribution < -0.4 is 10.6 Å². The molecule has 5 heteroatoms. The van der Waals surface area contributed by atoms with Crippen molar-refractivity contribution in [3.63, 3.8) is 0 Å². The number of hydrogen-bond donors (Lipinski definition) is 2. The minimum Gasteiger partial charge on any atom is -0.371 e. The molecule has 0 aliphatic carbocycles. The number of rotatable bonds is 2. The summed E-state index contributed by atoms with van der Waals surface area (Å²) in [5.74, 6) is 0. The summed E-state index contributed by atoms with van der Waals surface area (Å²) in [5, 5.41) is 7.73. The molecule has 2 atom stereocenters.